The molecule has 0 aliphatic rings. The van der Waals surface area contributed by atoms with Gasteiger partial charge in [0.15, 0.2) is 15.1 Å². The Bertz CT molecular complexity index is 674. The molecular weight excluding hydrogens is 288 g/mol. The molecule has 0 spiro atoms. The second-order valence-electron chi connectivity index (χ2n) is 3.05. The van der Waals surface area contributed by atoms with Crippen LogP contribution in [0.15, 0.2) is 16.6 Å². The van der Waals surface area contributed by atoms with Crippen LogP contribution < -0.4 is 10.3 Å². The summed E-state index contributed by atoms with van der Waals surface area (Å²) < 4.78 is 25.1. The van der Waals surface area contributed by atoms with Gasteiger partial charge in [0, 0.05) is 18.5 Å². The van der Waals surface area contributed by atoms with Crippen LogP contribution in [0.5, 0.6) is 0 Å². The number of hydrogen-bond acceptors (Lipinski definition) is 5. The molecule has 0 saturated heterocycles. The number of sulfonamides is 1. The zero-order chi connectivity index (χ0) is 12.6. The lowest BCUT2D eigenvalue weighted by Crippen LogP contribution is -2.40. The van der Waals surface area contributed by atoms with Crippen LogP contribution in [0.4, 0.5) is 0 Å². The predicted molar refractivity (Wildman–Crippen MR) is 62.2 cm³/mol. The molecule has 1 amide bonds. The number of imidazole rings is 1. The zero-order valence-electron chi connectivity index (χ0n) is 8.47. The Morgan fingerprint density at radius 2 is 2.29 bits per heavy atom. The summed E-state index contributed by atoms with van der Waals surface area (Å²) in [4.78, 5) is 16.9. The number of fused-ring (bicyclic) bond motifs is 1. The van der Waals surface area contributed by atoms with Crippen molar-refractivity contribution in [3.05, 3.63) is 16.7 Å². The summed E-state index contributed by atoms with van der Waals surface area (Å²) >= 11 is 7.00. The summed E-state index contributed by atoms with van der Waals surface area (Å²) in [5.74, 6) is -0.532. The third-order valence-corrected chi connectivity index (χ3v) is 4.20. The molecule has 10 heteroatoms. The number of hydrazine groups is 1. The lowest BCUT2D eigenvalue weighted by Gasteiger charge is -2.05. The van der Waals surface area contributed by atoms with Crippen molar-refractivity contribution in [2.75, 3.05) is 0 Å². The van der Waals surface area contributed by atoms with Gasteiger partial charge in [0.2, 0.25) is 5.91 Å². The monoisotopic (exact) mass is 294 g/mol. The van der Waals surface area contributed by atoms with Crippen LogP contribution in [0.25, 0.3) is 4.96 Å². The fraction of sp³-hybridized carbons (Fsp3) is 0.143. The van der Waals surface area contributed by atoms with E-state index in [1.807, 2.05) is 10.3 Å². The van der Waals surface area contributed by atoms with E-state index in [0.29, 0.717) is 4.96 Å². The molecule has 0 atom stereocenters. The van der Waals surface area contributed by atoms with Gasteiger partial charge in [-0.1, -0.05) is 11.6 Å². The summed E-state index contributed by atoms with van der Waals surface area (Å²) in [6.07, 6.45) is 1.53. The standard InChI is InChI=1S/C7H7ClN4O3S2/c1-4(13)10-11-17(14,15)6-5(8)9-7-12(6)2-3-16-7/h2-3,11H,1H3,(H,10,13). The van der Waals surface area contributed by atoms with Crippen molar-refractivity contribution in [2.24, 2.45) is 0 Å². The maximum atomic E-state index is 11.9. The van der Waals surface area contributed by atoms with Gasteiger partial charge in [-0.15, -0.1) is 16.2 Å². The molecule has 0 unspecified atom stereocenters. The number of rotatable bonds is 3. The van der Waals surface area contributed by atoms with Crippen molar-refractivity contribution in [3.63, 3.8) is 0 Å². The van der Waals surface area contributed by atoms with Crippen molar-refractivity contribution >= 4 is 43.8 Å². The molecule has 7 nitrogen and oxygen atoms in total. The number of halogens is 1. The molecule has 2 aromatic heterocycles. The van der Waals surface area contributed by atoms with E-state index in [0.717, 1.165) is 0 Å². The van der Waals surface area contributed by atoms with Crippen LogP contribution in [0.1, 0.15) is 6.92 Å². The highest BCUT2D eigenvalue weighted by Crippen LogP contribution is 2.24. The summed E-state index contributed by atoms with van der Waals surface area (Å²) in [6.45, 7) is 1.18. The third kappa shape index (κ3) is 2.27. The van der Waals surface area contributed by atoms with Gasteiger partial charge in [-0.2, -0.15) is 0 Å². The van der Waals surface area contributed by atoms with Gasteiger partial charge in [-0.05, 0) is 0 Å². The molecule has 92 valence electrons. The molecule has 2 heterocycles. The van der Waals surface area contributed by atoms with Gasteiger partial charge in [0.25, 0.3) is 10.0 Å². The summed E-state index contributed by atoms with van der Waals surface area (Å²) in [6, 6.07) is 0. The average molecular weight is 295 g/mol. The molecule has 2 N–H and O–H groups in total. The van der Waals surface area contributed by atoms with Gasteiger partial charge in [0.05, 0.1) is 0 Å². The van der Waals surface area contributed by atoms with Crippen LogP contribution in [-0.4, -0.2) is 23.7 Å². The predicted octanol–water partition coefficient (Wildman–Crippen LogP) is 0.379. The molecule has 0 aliphatic carbocycles. The van der Waals surface area contributed by atoms with Crippen molar-refractivity contribution in [1.82, 2.24) is 19.6 Å². The van der Waals surface area contributed by atoms with Crippen LogP contribution >= 0.6 is 22.9 Å². The Kier molecular flexibility index (Phi) is 3.08. The van der Waals surface area contributed by atoms with E-state index in [-0.39, 0.29) is 10.2 Å². The highest BCUT2D eigenvalue weighted by Gasteiger charge is 2.25. The summed E-state index contributed by atoms with van der Waals surface area (Å²) in [7, 11) is -3.95. The first-order valence-corrected chi connectivity index (χ1v) is 7.05. The number of carbonyl (C=O) groups excluding carboxylic acids is 1. The van der Waals surface area contributed by atoms with E-state index in [1.165, 1.54) is 28.9 Å². The second kappa shape index (κ2) is 4.26. The van der Waals surface area contributed by atoms with Gasteiger partial charge in [-0.25, -0.2) is 13.4 Å². The molecule has 2 aromatic rings. The van der Waals surface area contributed by atoms with E-state index in [9.17, 15) is 13.2 Å². The largest absolute Gasteiger partial charge is 0.279 e. The third-order valence-electron chi connectivity index (χ3n) is 1.79. The Morgan fingerprint density at radius 3 is 2.94 bits per heavy atom. The maximum absolute atomic E-state index is 11.9. The number of thiazole rings is 1. The summed E-state index contributed by atoms with van der Waals surface area (Å²) in [5, 5.41) is 1.33. The van der Waals surface area contributed by atoms with Crippen LogP contribution in [0, 0.1) is 0 Å². The highest BCUT2D eigenvalue weighted by atomic mass is 35.5. The lowest BCUT2D eigenvalue weighted by atomic mass is 10.8. The summed E-state index contributed by atoms with van der Waals surface area (Å²) in [5.41, 5.74) is 1.98. The van der Waals surface area contributed by atoms with Crippen LogP contribution in [0.2, 0.25) is 5.15 Å². The maximum Gasteiger partial charge on any atom is 0.276 e. The molecule has 0 radical (unpaired) electrons. The topological polar surface area (TPSA) is 92.6 Å². The first-order valence-electron chi connectivity index (χ1n) is 4.31. The Balaban J connectivity index is 2.48. The number of amides is 1. The first-order chi connectivity index (χ1) is 7.92. The number of hydrogen-bond donors (Lipinski definition) is 2. The number of aromatic nitrogens is 2. The molecule has 0 aliphatic heterocycles. The lowest BCUT2D eigenvalue weighted by molar-refractivity contribution is -0.119. The average Bonchev–Trinajstić information content (AvgIpc) is 2.73. The molecule has 0 fully saturated rings. The SMILES string of the molecule is CC(=O)NNS(=O)(=O)c1c(Cl)nc2sccn12. The molecule has 17 heavy (non-hydrogen) atoms. The number of nitrogens with one attached hydrogen (secondary N) is 2. The Hall–Kier alpha value is -1.16. The van der Waals surface area contributed by atoms with Crippen molar-refractivity contribution in [2.45, 2.75) is 11.9 Å². The molecule has 0 bridgehead atoms. The van der Waals surface area contributed by atoms with E-state index >= 15 is 0 Å². The highest BCUT2D eigenvalue weighted by molar-refractivity contribution is 7.89. The van der Waals surface area contributed by atoms with E-state index < -0.39 is 15.9 Å². The van der Waals surface area contributed by atoms with E-state index in [2.05, 4.69) is 4.98 Å². The van der Waals surface area contributed by atoms with Gasteiger partial charge < -0.3 is 0 Å². The van der Waals surface area contributed by atoms with E-state index in [4.69, 9.17) is 11.6 Å². The Morgan fingerprint density at radius 1 is 1.59 bits per heavy atom. The minimum Gasteiger partial charge on any atom is -0.279 e. The van der Waals surface area contributed by atoms with Crippen LogP contribution in [-0.2, 0) is 14.8 Å². The molecule has 2 rings (SSSR count). The van der Waals surface area contributed by atoms with Crippen molar-refractivity contribution < 1.29 is 13.2 Å². The minimum absolute atomic E-state index is 0.144. The fourth-order valence-corrected chi connectivity index (χ4v) is 3.51. The fourth-order valence-electron chi connectivity index (χ4n) is 1.17. The van der Waals surface area contributed by atoms with Gasteiger partial charge in [-0.3, -0.25) is 14.6 Å². The quantitative estimate of drug-likeness (QED) is 0.800. The normalized spacial score (nSPS) is 11.9. The van der Waals surface area contributed by atoms with Gasteiger partial charge >= 0.3 is 0 Å². The first kappa shape index (κ1) is 12.3. The molecular formula is C7H7ClN4O3S2. The van der Waals surface area contributed by atoms with Crippen LogP contribution in [0.3, 0.4) is 0 Å². The second-order valence-corrected chi connectivity index (χ2v) is 5.88. The zero-order valence-corrected chi connectivity index (χ0v) is 10.9. The van der Waals surface area contributed by atoms with Crippen molar-refractivity contribution in [1.29, 1.82) is 0 Å². The van der Waals surface area contributed by atoms with Gasteiger partial charge in [0.1, 0.15) is 0 Å². The number of carbonyl (C=O) groups is 1. The molecule has 0 saturated carbocycles. The Labute approximate surface area is 105 Å². The minimum atomic E-state index is -3.95. The van der Waals surface area contributed by atoms with Crippen molar-refractivity contribution in [3.8, 4) is 0 Å². The number of nitrogens with zero attached hydrogens (tertiary/aromatic N) is 2. The smallest absolute Gasteiger partial charge is 0.276 e. The molecule has 0 aromatic carbocycles. The van der Waals surface area contributed by atoms with E-state index in [1.54, 1.807) is 5.38 Å².